The SMILES string of the molecule is CC(C)(C)OC(=O)N1Cc2nc(-c3c(F)cccc3C#N)cc(-n3ccc(N4CC[C@@H](O)[C@@H](N5CCOCC5)C4)n3)c2C1=O.N#Cc1cccc(F)c1-c1cc(-n2ccc(N3CC[C@@H](O)[C@@H](N4CCOCC4)C3)n2)c2c(n1)CNC2=O. The van der Waals surface area contributed by atoms with E-state index in [0.29, 0.717) is 93.9 Å². The summed E-state index contributed by atoms with van der Waals surface area (Å²) >= 11 is 0. The van der Waals surface area contributed by atoms with E-state index in [1.165, 1.54) is 47.1 Å². The van der Waals surface area contributed by atoms with Crippen LogP contribution in [0.2, 0.25) is 0 Å². The predicted molar refractivity (Wildman–Crippen MR) is 288 cm³/mol. The zero-order chi connectivity index (χ0) is 56.7. The number of aliphatic hydroxyl groups excluding tert-OH is 2. The van der Waals surface area contributed by atoms with Gasteiger partial charge in [0.25, 0.3) is 11.8 Å². The van der Waals surface area contributed by atoms with Gasteiger partial charge in [0.1, 0.15) is 17.2 Å². The lowest BCUT2D eigenvalue weighted by molar-refractivity contribution is -0.0268. The van der Waals surface area contributed by atoms with Crippen LogP contribution in [0.5, 0.6) is 0 Å². The topological polar surface area (TPSA) is 257 Å². The molecule has 6 aliphatic heterocycles. The average molecular weight is 1110 g/mol. The molecule has 4 saturated heterocycles. The molecule has 0 bridgehead atoms. The lowest BCUT2D eigenvalue weighted by Crippen LogP contribution is -2.58. The Morgan fingerprint density at radius 1 is 0.691 bits per heavy atom. The third-order valence-electron chi connectivity index (χ3n) is 15.4. The van der Waals surface area contributed by atoms with Gasteiger partial charge in [0, 0.05) is 76.9 Å². The highest BCUT2D eigenvalue weighted by atomic mass is 19.1. The Bertz CT molecular complexity index is 3490. The number of anilines is 2. The molecule has 6 aromatic rings. The molecule has 4 atom stereocenters. The molecule has 22 nitrogen and oxygen atoms in total. The van der Waals surface area contributed by atoms with Crippen LogP contribution in [0.4, 0.5) is 25.2 Å². The number of aromatic nitrogens is 6. The maximum absolute atomic E-state index is 15.1. The molecule has 4 fully saturated rings. The number of hydrogen-bond acceptors (Lipinski definition) is 18. The van der Waals surface area contributed by atoms with Crippen molar-refractivity contribution >= 4 is 29.5 Å². The number of fused-ring (bicyclic) bond motifs is 2. The number of nitriles is 2. The summed E-state index contributed by atoms with van der Waals surface area (Å²) < 4.78 is 49.5. The molecule has 0 saturated carbocycles. The Labute approximate surface area is 465 Å². The van der Waals surface area contributed by atoms with Gasteiger partial charge in [0.05, 0.1) is 143 Å². The molecule has 0 unspecified atom stereocenters. The summed E-state index contributed by atoms with van der Waals surface area (Å²) in [5.41, 5.74) is 1.92. The van der Waals surface area contributed by atoms with E-state index >= 15 is 4.39 Å². The van der Waals surface area contributed by atoms with Crippen LogP contribution in [0.15, 0.2) is 73.1 Å². The van der Waals surface area contributed by atoms with Crippen molar-refractivity contribution in [3.63, 3.8) is 0 Å². The molecule has 10 heterocycles. The summed E-state index contributed by atoms with van der Waals surface area (Å²) in [5, 5.41) is 53.0. The zero-order valence-corrected chi connectivity index (χ0v) is 45.0. The molecule has 4 aromatic heterocycles. The number of nitrogens with one attached hydrogen (secondary N) is 1. The van der Waals surface area contributed by atoms with Crippen LogP contribution in [0.25, 0.3) is 33.9 Å². The van der Waals surface area contributed by atoms with E-state index in [9.17, 15) is 39.5 Å². The van der Waals surface area contributed by atoms with Crippen molar-refractivity contribution in [1.82, 2.24) is 49.5 Å². The second kappa shape index (κ2) is 22.7. The first-order chi connectivity index (χ1) is 39.1. The minimum absolute atomic E-state index is 0.00651. The molecule has 3 amide bonds. The number of carbonyl (C=O) groups excluding carboxylic acids is 3. The molecule has 3 N–H and O–H groups in total. The number of nitrogens with zero attached hydrogens (tertiary/aromatic N) is 13. The molecule has 81 heavy (non-hydrogen) atoms. The van der Waals surface area contributed by atoms with Gasteiger partial charge in [-0.25, -0.2) is 37.8 Å². The third kappa shape index (κ3) is 11.1. The summed E-state index contributed by atoms with van der Waals surface area (Å²) in [6.07, 6.45) is 2.94. The first-order valence-corrected chi connectivity index (χ1v) is 27.0. The molecule has 6 aliphatic rings. The fourth-order valence-electron chi connectivity index (χ4n) is 11.4. The first-order valence-electron chi connectivity index (χ1n) is 27.0. The number of rotatable bonds is 8. The van der Waals surface area contributed by atoms with Gasteiger partial charge in [0.15, 0.2) is 11.6 Å². The van der Waals surface area contributed by atoms with Crippen molar-refractivity contribution in [3.05, 3.63) is 118 Å². The molecule has 420 valence electrons. The van der Waals surface area contributed by atoms with E-state index < -0.39 is 41.4 Å². The summed E-state index contributed by atoms with van der Waals surface area (Å²) in [7, 11) is 0. The fourth-order valence-corrected chi connectivity index (χ4v) is 11.4. The second-order valence-corrected chi connectivity index (χ2v) is 21.6. The third-order valence-corrected chi connectivity index (χ3v) is 15.4. The van der Waals surface area contributed by atoms with Gasteiger partial charge >= 0.3 is 6.09 Å². The number of amides is 3. The van der Waals surface area contributed by atoms with Crippen molar-refractivity contribution in [3.8, 4) is 46.0 Å². The fraction of sp³-hybridized carbons (Fsp3) is 0.421. The van der Waals surface area contributed by atoms with Crippen LogP contribution in [0, 0.1) is 34.3 Å². The Kier molecular flexibility index (Phi) is 15.3. The van der Waals surface area contributed by atoms with E-state index in [1.54, 1.807) is 43.9 Å². The number of benzene rings is 2. The van der Waals surface area contributed by atoms with E-state index in [-0.39, 0.29) is 76.0 Å². The normalized spacial score (nSPS) is 21.4. The second-order valence-electron chi connectivity index (χ2n) is 21.6. The Morgan fingerprint density at radius 3 is 1.65 bits per heavy atom. The maximum atomic E-state index is 15.1. The Morgan fingerprint density at radius 2 is 1.17 bits per heavy atom. The van der Waals surface area contributed by atoms with Crippen molar-refractivity contribution < 1.29 is 47.6 Å². The van der Waals surface area contributed by atoms with Gasteiger partial charge in [-0.05, 0) is 70.0 Å². The lowest BCUT2D eigenvalue weighted by atomic mass is 10.00. The van der Waals surface area contributed by atoms with Crippen LogP contribution in [-0.2, 0) is 27.3 Å². The van der Waals surface area contributed by atoms with Gasteiger partial charge in [0.2, 0.25) is 0 Å². The maximum Gasteiger partial charge on any atom is 0.417 e. The number of aliphatic hydroxyl groups is 2. The highest BCUT2D eigenvalue weighted by Gasteiger charge is 2.41. The number of hydrogen-bond donors (Lipinski definition) is 3. The van der Waals surface area contributed by atoms with Crippen LogP contribution in [0.3, 0.4) is 0 Å². The summed E-state index contributed by atoms with van der Waals surface area (Å²) in [6.45, 7) is 13.2. The molecular formula is C57H60F2N14O8. The molecule has 12 rings (SSSR count). The number of morpholine rings is 2. The van der Waals surface area contributed by atoms with E-state index in [4.69, 9.17) is 24.4 Å². The van der Waals surface area contributed by atoms with Crippen LogP contribution in [0.1, 0.15) is 76.8 Å². The van der Waals surface area contributed by atoms with E-state index in [0.717, 1.165) is 36.9 Å². The van der Waals surface area contributed by atoms with Gasteiger partial charge in [-0.3, -0.25) is 19.4 Å². The number of carbonyl (C=O) groups is 3. The molecule has 0 spiro atoms. The molecule has 0 radical (unpaired) electrons. The Balaban J connectivity index is 0.000000173. The molecule has 0 aliphatic carbocycles. The highest BCUT2D eigenvalue weighted by molar-refractivity contribution is 6.09. The highest BCUT2D eigenvalue weighted by Crippen LogP contribution is 2.36. The molecular weight excluding hydrogens is 1050 g/mol. The average Bonchev–Trinajstić information content (AvgIpc) is 4.29. The summed E-state index contributed by atoms with van der Waals surface area (Å²) in [5.74, 6) is -0.721. The van der Waals surface area contributed by atoms with Crippen LogP contribution < -0.4 is 15.1 Å². The monoisotopic (exact) mass is 1110 g/mol. The molecule has 24 heteroatoms. The first kappa shape index (κ1) is 54.7. The van der Waals surface area contributed by atoms with Crippen LogP contribution >= 0.6 is 0 Å². The lowest BCUT2D eigenvalue weighted by Gasteiger charge is -2.43. The minimum Gasteiger partial charge on any atom is -0.443 e. The number of pyridine rings is 2. The largest absolute Gasteiger partial charge is 0.443 e. The molecule has 2 aromatic carbocycles. The zero-order valence-electron chi connectivity index (χ0n) is 45.0. The Hall–Kier alpha value is -8.23. The van der Waals surface area contributed by atoms with Gasteiger partial charge in [-0.2, -0.15) is 20.7 Å². The van der Waals surface area contributed by atoms with Gasteiger partial charge in [-0.1, -0.05) is 12.1 Å². The number of ether oxygens (including phenoxy) is 3. The number of imide groups is 1. The van der Waals surface area contributed by atoms with Crippen molar-refractivity contribution in [2.75, 3.05) is 88.6 Å². The van der Waals surface area contributed by atoms with Crippen molar-refractivity contribution in [2.45, 2.75) is 76.6 Å². The number of halogens is 2. The van der Waals surface area contributed by atoms with E-state index in [2.05, 4.69) is 34.9 Å². The quantitative estimate of drug-likeness (QED) is 0.189. The van der Waals surface area contributed by atoms with Gasteiger partial charge in [-0.15, -0.1) is 0 Å². The van der Waals surface area contributed by atoms with Crippen molar-refractivity contribution in [2.24, 2.45) is 0 Å². The van der Waals surface area contributed by atoms with E-state index in [1.807, 2.05) is 24.3 Å². The summed E-state index contributed by atoms with van der Waals surface area (Å²) in [4.78, 5) is 58.1. The summed E-state index contributed by atoms with van der Waals surface area (Å²) in [6, 6.07) is 19.2. The standard InChI is InChI=1S/C31H34FN7O5.C26H26FN7O3/c1-31(2,3)44-30(42)38-17-22-28(29(38)41)23(15-21(34-22)27-19(16-33)5-4-6-20(27)32)39-10-8-26(35-39)37-9-7-25(40)24(18-37)36-11-13-43-14-12-36;27-17-3-1-2-16(13-28)24(17)18-12-20(25-19(30-18)14-29-26(25)36)34-7-5-23(31-34)33-6-4-22(35)21(15-33)32-8-10-37-11-9-32/h4-6,8,10,15,24-25,40H,7,9,11-14,17-18H2,1-3H3;1-3,5,7,12,21-22,35H,4,6,8-11,14-15H2,(H,29,36)/t24-,25+;21-,22+/m00/s1. The number of piperidine rings is 2. The van der Waals surface area contributed by atoms with Gasteiger partial charge < -0.3 is 39.5 Å². The minimum atomic E-state index is -0.833. The van der Waals surface area contributed by atoms with Crippen LogP contribution in [-0.4, -0.2) is 181 Å². The predicted octanol–water partition coefficient (Wildman–Crippen LogP) is 4.57. The van der Waals surface area contributed by atoms with Crippen molar-refractivity contribution in [1.29, 1.82) is 10.5 Å². The smallest absolute Gasteiger partial charge is 0.417 e.